The van der Waals surface area contributed by atoms with Crippen LogP contribution in [0.1, 0.15) is 10.4 Å². The Labute approximate surface area is 98.3 Å². The molecular weight excluding hydrogens is 228 g/mol. The number of carbonyl (C=O) groups excluding carboxylic acids is 1. The van der Waals surface area contributed by atoms with Crippen molar-refractivity contribution < 1.29 is 18.3 Å². The van der Waals surface area contributed by atoms with Crippen molar-refractivity contribution in [2.45, 2.75) is 6.61 Å². The van der Waals surface area contributed by atoms with Crippen molar-refractivity contribution in [3.05, 3.63) is 42.1 Å². The summed E-state index contributed by atoms with van der Waals surface area (Å²) >= 11 is 0. The van der Waals surface area contributed by atoms with Crippen LogP contribution in [0.2, 0.25) is 0 Å². The summed E-state index contributed by atoms with van der Waals surface area (Å²) in [4.78, 5) is 13.4. The molecule has 0 atom stereocenters. The summed E-state index contributed by atoms with van der Waals surface area (Å²) in [5.74, 6) is -0.495. The molecule has 1 rings (SSSR count). The van der Waals surface area contributed by atoms with Gasteiger partial charge in [-0.2, -0.15) is 8.78 Å². The predicted molar refractivity (Wildman–Crippen MR) is 60.2 cm³/mol. The fourth-order valence-electron chi connectivity index (χ4n) is 1.18. The third-order valence-corrected chi connectivity index (χ3v) is 1.89. The Hall–Kier alpha value is -1.91. The number of nitrogens with zero attached hydrogens (tertiary/aromatic N) is 1. The van der Waals surface area contributed by atoms with Crippen LogP contribution < -0.4 is 4.74 Å². The van der Waals surface area contributed by atoms with Gasteiger partial charge in [-0.25, -0.2) is 0 Å². The lowest BCUT2D eigenvalue weighted by molar-refractivity contribution is -0.0501. The Kier molecular flexibility index (Phi) is 4.63. The van der Waals surface area contributed by atoms with Crippen molar-refractivity contribution in [1.29, 1.82) is 0 Å². The molecule has 0 aliphatic heterocycles. The second-order valence-electron chi connectivity index (χ2n) is 3.52. The van der Waals surface area contributed by atoms with Crippen molar-refractivity contribution in [1.82, 2.24) is 4.90 Å². The van der Waals surface area contributed by atoms with E-state index in [9.17, 15) is 13.6 Å². The van der Waals surface area contributed by atoms with Crippen LogP contribution in [0, 0.1) is 0 Å². The van der Waals surface area contributed by atoms with E-state index in [-0.39, 0.29) is 17.1 Å². The minimum Gasteiger partial charge on any atom is -0.434 e. The first kappa shape index (κ1) is 13.2. The second-order valence-corrected chi connectivity index (χ2v) is 3.52. The normalized spacial score (nSPS) is 10.9. The van der Waals surface area contributed by atoms with Crippen LogP contribution in [-0.4, -0.2) is 31.4 Å². The first-order valence-electron chi connectivity index (χ1n) is 4.93. The number of para-hydroxylation sites is 1. The number of ether oxygens (including phenoxy) is 1. The van der Waals surface area contributed by atoms with Gasteiger partial charge in [0.1, 0.15) is 5.75 Å². The summed E-state index contributed by atoms with van der Waals surface area (Å²) in [6, 6.07) is 5.90. The highest BCUT2D eigenvalue weighted by Gasteiger charge is 2.12. The lowest BCUT2D eigenvalue weighted by Gasteiger charge is -2.08. The lowest BCUT2D eigenvalue weighted by Crippen LogP contribution is -2.08. The van der Waals surface area contributed by atoms with Gasteiger partial charge in [0.15, 0.2) is 5.78 Å². The van der Waals surface area contributed by atoms with Gasteiger partial charge >= 0.3 is 6.61 Å². The Morgan fingerprint density at radius 1 is 1.35 bits per heavy atom. The minimum absolute atomic E-state index is 0.115. The number of hydrogen-bond donors (Lipinski definition) is 0. The van der Waals surface area contributed by atoms with E-state index in [0.29, 0.717) is 0 Å². The summed E-state index contributed by atoms with van der Waals surface area (Å²) in [6.45, 7) is -2.94. The van der Waals surface area contributed by atoms with Crippen molar-refractivity contribution in [2.24, 2.45) is 0 Å². The largest absolute Gasteiger partial charge is 0.434 e. The maximum atomic E-state index is 12.1. The first-order valence-corrected chi connectivity index (χ1v) is 4.93. The molecule has 1 aromatic carbocycles. The zero-order valence-corrected chi connectivity index (χ0v) is 9.56. The van der Waals surface area contributed by atoms with Crippen LogP contribution in [0.5, 0.6) is 5.75 Å². The van der Waals surface area contributed by atoms with Gasteiger partial charge in [0.2, 0.25) is 0 Å². The highest BCUT2D eigenvalue weighted by atomic mass is 19.3. The molecule has 92 valence electrons. The highest BCUT2D eigenvalue weighted by molar-refractivity contribution is 6.06. The maximum absolute atomic E-state index is 12.1. The third-order valence-electron chi connectivity index (χ3n) is 1.89. The summed E-state index contributed by atoms with van der Waals surface area (Å²) in [7, 11) is 3.51. The summed E-state index contributed by atoms with van der Waals surface area (Å²) in [5, 5.41) is 0. The monoisotopic (exact) mass is 241 g/mol. The van der Waals surface area contributed by atoms with Gasteiger partial charge in [-0.15, -0.1) is 0 Å². The quantitative estimate of drug-likeness (QED) is 0.586. The van der Waals surface area contributed by atoms with E-state index < -0.39 is 6.61 Å². The molecule has 0 N–H and O–H groups in total. The van der Waals surface area contributed by atoms with Crippen LogP contribution in [0.15, 0.2) is 36.5 Å². The minimum atomic E-state index is -2.94. The van der Waals surface area contributed by atoms with Gasteiger partial charge < -0.3 is 9.64 Å². The van der Waals surface area contributed by atoms with E-state index in [0.717, 1.165) is 0 Å². The third kappa shape index (κ3) is 4.22. The Balaban J connectivity index is 2.93. The number of halogens is 2. The van der Waals surface area contributed by atoms with E-state index in [1.54, 1.807) is 31.3 Å². The molecule has 0 heterocycles. The number of alkyl halides is 2. The predicted octanol–water partition coefficient (Wildman–Crippen LogP) is 2.55. The van der Waals surface area contributed by atoms with Gasteiger partial charge in [0, 0.05) is 26.4 Å². The molecule has 0 aliphatic carbocycles. The fourth-order valence-corrected chi connectivity index (χ4v) is 1.18. The van der Waals surface area contributed by atoms with E-state index >= 15 is 0 Å². The molecule has 0 spiro atoms. The van der Waals surface area contributed by atoms with Crippen LogP contribution in [0.4, 0.5) is 8.78 Å². The average molecular weight is 241 g/mol. The van der Waals surface area contributed by atoms with Crippen LogP contribution in [-0.2, 0) is 0 Å². The number of carbonyl (C=O) groups is 1. The van der Waals surface area contributed by atoms with Gasteiger partial charge in [-0.3, -0.25) is 4.79 Å². The molecule has 17 heavy (non-hydrogen) atoms. The summed E-state index contributed by atoms with van der Waals surface area (Å²) in [5.41, 5.74) is 0.117. The molecule has 0 fully saturated rings. The number of benzene rings is 1. The molecule has 0 saturated carbocycles. The molecule has 0 bridgehead atoms. The van der Waals surface area contributed by atoms with E-state index in [1.165, 1.54) is 24.3 Å². The smallest absolute Gasteiger partial charge is 0.387 e. The second kappa shape index (κ2) is 5.98. The van der Waals surface area contributed by atoms with Gasteiger partial charge in [-0.1, -0.05) is 12.1 Å². The standard InChI is InChI=1S/C12H13F2NO2/c1-15(2)8-7-10(16)9-5-3-4-6-11(9)17-12(13)14/h3-8,12H,1-2H3/b8-7+. The maximum Gasteiger partial charge on any atom is 0.387 e. The van der Waals surface area contributed by atoms with Crippen molar-refractivity contribution in [3.63, 3.8) is 0 Å². The van der Waals surface area contributed by atoms with Crippen LogP contribution in [0.25, 0.3) is 0 Å². The lowest BCUT2D eigenvalue weighted by atomic mass is 10.1. The molecule has 0 saturated heterocycles. The molecule has 5 heteroatoms. The van der Waals surface area contributed by atoms with E-state index in [1.807, 2.05) is 0 Å². The van der Waals surface area contributed by atoms with Crippen molar-refractivity contribution in [3.8, 4) is 5.75 Å². The molecule has 0 amide bonds. The van der Waals surface area contributed by atoms with E-state index in [2.05, 4.69) is 4.74 Å². The molecule has 1 aromatic rings. The summed E-state index contributed by atoms with van der Waals surface area (Å²) < 4.78 is 28.5. The number of allylic oxidation sites excluding steroid dienone is 1. The van der Waals surface area contributed by atoms with Gasteiger partial charge in [-0.05, 0) is 12.1 Å². The Morgan fingerprint density at radius 3 is 2.59 bits per heavy atom. The first-order chi connectivity index (χ1) is 8.00. The van der Waals surface area contributed by atoms with Crippen LogP contribution in [0.3, 0.4) is 0 Å². The Bertz CT molecular complexity index is 417. The number of rotatable bonds is 5. The van der Waals surface area contributed by atoms with Gasteiger partial charge in [0.25, 0.3) is 0 Å². The molecule has 0 unspecified atom stereocenters. The van der Waals surface area contributed by atoms with Gasteiger partial charge in [0.05, 0.1) is 5.56 Å². The Morgan fingerprint density at radius 2 is 2.00 bits per heavy atom. The van der Waals surface area contributed by atoms with Crippen LogP contribution >= 0.6 is 0 Å². The zero-order valence-electron chi connectivity index (χ0n) is 9.56. The average Bonchev–Trinajstić information content (AvgIpc) is 2.25. The summed E-state index contributed by atoms with van der Waals surface area (Å²) in [6.07, 6.45) is 2.84. The molecular formula is C12H13F2NO2. The molecule has 0 aromatic heterocycles. The number of hydrogen-bond acceptors (Lipinski definition) is 3. The fraction of sp³-hybridized carbons (Fsp3) is 0.250. The topological polar surface area (TPSA) is 29.5 Å². The zero-order chi connectivity index (χ0) is 12.8. The molecule has 3 nitrogen and oxygen atoms in total. The highest BCUT2D eigenvalue weighted by Crippen LogP contribution is 2.20. The van der Waals surface area contributed by atoms with E-state index in [4.69, 9.17) is 0 Å². The molecule has 0 aliphatic rings. The van der Waals surface area contributed by atoms with Crippen molar-refractivity contribution in [2.75, 3.05) is 14.1 Å². The van der Waals surface area contributed by atoms with Crippen molar-refractivity contribution >= 4 is 5.78 Å². The molecule has 0 radical (unpaired) electrons. The number of ketones is 1. The SMILES string of the molecule is CN(C)/C=C/C(=O)c1ccccc1OC(F)F.